The fraction of sp³-hybridized carbons (Fsp3) is 0. The van der Waals surface area contributed by atoms with Crippen molar-refractivity contribution in [2.24, 2.45) is 0 Å². The molecule has 28 heavy (non-hydrogen) atoms. The zero-order chi connectivity index (χ0) is 19.1. The Morgan fingerprint density at radius 2 is 2.07 bits per heavy atom. The van der Waals surface area contributed by atoms with Crippen molar-refractivity contribution in [3.63, 3.8) is 0 Å². The lowest BCUT2D eigenvalue weighted by atomic mass is 10.1. The van der Waals surface area contributed by atoms with Crippen LogP contribution in [0.5, 0.6) is 0 Å². The number of thioether (sulfide) groups is 1. The molecule has 0 spiro atoms. The molecule has 1 N–H and O–H groups in total. The van der Waals surface area contributed by atoms with Gasteiger partial charge in [-0.1, -0.05) is 36.1 Å². The van der Waals surface area contributed by atoms with E-state index in [0.717, 1.165) is 22.2 Å². The fourth-order valence-corrected chi connectivity index (χ4v) is 3.91. The predicted octanol–water partition coefficient (Wildman–Crippen LogP) is 2.96. The number of nitrogens with one attached hydrogen (secondary N) is 1. The second-order valence-electron chi connectivity index (χ2n) is 5.91. The molecule has 0 bridgehead atoms. The van der Waals surface area contributed by atoms with Gasteiger partial charge in [0.25, 0.3) is 5.91 Å². The first-order chi connectivity index (χ1) is 13.7. The Morgan fingerprint density at radius 3 is 2.79 bits per heavy atom. The fourth-order valence-electron chi connectivity index (χ4n) is 2.88. The molecular weight excluding hydrogens is 396 g/mol. The lowest BCUT2D eigenvalue weighted by Gasteiger charge is -2.04. The van der Waals surface area contributed by atoms with E-state index in [1.165, 1.54) is 18.1 Å². The van der Waals surface area contributed by atoms with Gasteiger partial charge in [-0.3, -0.25) is 9.78 Å². The van der Waals surface area contributed by atoms with E-state index in [9.17, 15) is 4.79 Å². The summed E-state index contributed by atoms with van der Waals surface area (Å²) in [5, 5.41) is 14.6. The van der Waals surface area contributed by atoms with Gasteiger partial charge in [0, 0.05) is 29.4 Å². The third-order valence-electron chi connectivity index (χ3n) is 4.15. The minimum Gasteiger partial charge on any atom is -0.456 e. The molecule has 10 heteroatoms. The number of amides is 1. The topological polar surface area (TPSA) is 98.7 Å². The Bertz CT molecular complexity index is 1250. The zero-order valence-corrected chi connectivity index (χ0v) is 15.7. The number of hydrogen-bond donors (Lipinski definition) is 1. The number of hydrogen-bond acceptors (Lipinski definition) is 8. The summed E-state index contributed by atoms with van der Waals surface area (Å²) >= 11 is 6.23. The molecule has 0 atom stereocenters. The van der Waals surface area contributed by atoms with Crippen LogP contribution in [0.2, 0.25) is 0 Å². The van der Waals surface area contributed by atoms with Crippen LogP contribution >= 0.6 is 24.0 Å². The molecule has 1 amide bonds. The Hall–Kier alpha value is -3.37. The highest BCUT2D eigenvalue weighted by atomic mass is 32.2. The highest BCUT2D eigenvalue weighted by Gasteiger charge is 2.22. The second kappa shape index (κ2) is 6.66. The van der Waals surface area contributed by atoms with Crippen molar-refractivity contribution in [2.75, 3.05) is 0 Å². The molecule has 4 aromatic rings. The molecule has 3 aromatic heterocycles. The molecule has 5 rings (SSSR count). The molecule has 0 saturated carbocycles. The zero-order valence-electron chi connectivity index (χ0n) is 14.1. The molecule has 0 radical (unpaired) electrons. The van der Waals surface area contributed by atoms with Crippen molar-refractivity contribution in [1.29, 1.82) is 0 Å². The Labute approximate surface area is 167 Å². The van der Waals surface area contributed by atoms with E-state index < -0.39 is 0 Å². The Morgan fingerprint density at radius 1 is 1.21 bits per heavy atom. The van der Waals surface area contributed by atoms with Crippen LogP contribution in [0.3, 0.4) is 0 Å². The van der Waals surface area contributed by atoms with Crippen molar-refractivity contribution in [2.45, 2.75) is 0 Å². The molecule has 1 fully saturated rings. The number of fused-ring (bicyclic) bond motifs is 1. The summed E-state index contributed by atoms with van der Waals surface area (Å²) in [7, 11) is 0. The highest BCUT2D eigenvalue weighted by molar-refractivity contribution is 8.26. The molecule has 1 aliphatic rings. The minimum absolute atomic E-state index is 0.216. The minimum atomic E-state index is -0.216. The van der Waals surface area contributed by atoms with Crippen molar-refractivity contribution in [3.8, 4) is 16.8 Å². The summed E-state index contributed by atoms with van der Waals surface area (Å²) in [6, 6.07) is 9.58. The van der Waals surface area contributed by atoms with Crippen molar-refractivity contribution in [1.82, 2.24) is 30.5 Å². The van der Waals surface area contributed by atoms with Crippen LogP contribution in [0.1, 0.15) is 5.76 Å². The summed E-state index contributed by atoms with van der Waals surface area (Å²) in [6.45, 7) is 0. The first-order valence-corrected chi connectivity index (χ1v) is 9.36. The molecule has 0 unspecified atom stereocenters. The van der Waals surface area contributed by atoms with Crippen LogP contribution in [-0.4, -0.2) is 35.4 Å². The van der Waals surface area contributed by atoms with Crippen LogP contribution in [0.4, 0.5) is 0 Å². The van der Waals surface area contributed by atoms with Crippen LogP contribution in [0.15, 0.2) is 58.4 Å². The van der Waals surface area contributed by atoms with E-state index in [4.69, 9.17) is 16.6 Å². The van der Waals surface area contributed by atoms with Gasteiger partial charge in [0.2, 0.25) is 0 Å². The summed E-state index contributed by atoms with van der Waals surface area (Å²) in [6.07, 6.45) is 6.70. The highest BCUT2D eigenvalue weighted by Crippen LogP contribution is 2.33. The third-order valence-corrected chi connectivity index (χ3v) is 5.31. The molecule has 136 valence electrons. The van der Waals surface area contributed by atoms with Gasteiger partial charge >= 0.3 is 0 Å². The number of tetrazole rings is 1. The summed E-state index contributed by atoms with van der Waals surface area (Å²) in [4.78, 5) is 16.7. The SMILES string of the molecule is O=C1NC(=S)SC1=Cc1cc2cncc(-c3ccc(-n4cnnn4)cc3)c2o1. The van der Waals surface area contributed by atoms with Gasteiger partial charge in [-0.25, -0.2) is 4.68 Å². The number of thiocarbonyl (C=S) groups is 1. The Balaban J connectivity index is 1.54. The number of furan rings is 1. The van der Waals surface area contributed by atoms with E-state index in [-0.39, 0.29) is 5.91 Å². The molecule has 1 aromatic carbocycles. The molecule has 1 saturated heterocycles. The van der Waals surface area contributed by atoms with Crippen molar-refractivity contribution in [3.05, 3.63) is 59.7 Å². The maximum atomic E-state index is 11.9. The summed E-state index contributed by atoms with van der Waals surface area (Å²) < 4.78 is 8.03. The maximum absolute atomic E-state index is 11.9. The van der Waals surface area contributed by atoms with E-state index in [1.54, 1.807) is 23.2 Å². The quantitative estimate of drug-likeness (QED) is 0.410. The number of aromatic nitrogens is 5. The average Bonchev–Trinajstić information content (AvgIpc) is 3.42. The molecule has 1 aliphatic heterocycles. The number of carbonyl (C=O) groups is 1. The van der Waals surface area contributed by atoms with Crippen LogP contribution in [-0.2, 0) is 4.79 Å². The van der Waals surface area contributed by atoms with Gasteiger partial charge in [-0.2, -0.15) is 0 Å². The molecular formula is C18H10N6O2S2. The van der Waals surface area contributed by atoms with E-state index in [1.807, 2.05) is 30.3 Å². The van der Waals surface area contributed by atoms with Gasteiger partial charge in [-0.15, -0.1) is 5.10 Å². The molecule has 0 aliphatic carbocycles. The predicted molar refractivity (Wildman–Crippen MR) is 108 cm³/mol. The first-order valence-electron chi connectivity index (χ1n) is 8.13. The van der Waals surface area contributed by atoms with Crippen molar-refractivity contribution < 1.29 is 9.21 Å². The lowest BCUT2D eigenvalue weighted by molar-refractivity contribution is -0.115. The Kier molecular flexibility index (Phi) is 3.99. The van der Waals surface area contributed by atoms with Gasteiger partial charge in [0.05, 0.1) is 10.6 Å². The van der Waals surface area contributed by atoms with Crippen molar-refractivity contribution >= 4 is 51.3 Å². The van der Waals surface area contributed by atoms with Crippen LogP contribution < -0.4 is 5.32 Å². The monoisotopic (exact) mass is 406 g/mol. The summed E-state index contributed by atoms with van der Waals surface area (Å²) in [5.74, 6) is 0.351. The van der Waals surface area contributed by atoms with Gasteiger partial charge in [-0.05, 0) is 34.2 Å². The van der Waals surface area contributed by atoms with Gasteiger partial charge in [0.15, 0.2) is 0 Å². The van der Waals surface area contributed by atoms with E-state index >= 15 is 0 Å². The second-order valence-corrected chi connectivity index (χ2v) is 7.63. The lowest BCUT2D eigenvalue weighted by Crippen LogP contribution is -2.17. The van der Waals surface area contributed by atoms with Gasteiger partial charge < -0.3 is 9.73 Å². The van der Waals surface area contributed by atoms with E-state index in [2.05, 4.69) is 25.8 Å². The number of carbonyl (C=O) groups excluding carboxylic acids is 1. The van der Waals surface area contributed by atoms with E-state index in [0.29, 0.717) is 20.6 Å². The molecule has 8 nitrogen and oxygen atoms in total. The van der Waals surface area contributed by atoms with Crippen LogP contribution in [0.25, 0.3) is 33.9 Å². The summed E-state index contributed by atoms with van der Waals surface area (Å²) in [5.41, 5.74) is 3.34. The standard InChI is InChI=1S/C18H10N6O2S2/c25-17-15(28-18(27)21-17)6-13-5-11-7-19-8-14(16(11)26-13)10-1-3-12(4-2-10)24-9-20-22-23-24/h1-9H,(H,21,25,27). The maximum Gasteiger partial charge on any atom is 0.263 e. The number of benzene rings is 1. The van der Waals surface area contributed by atoms with Gasteiger partial charge in [0.1, 0.15) is 22.0 Å². The third kappa shape index (κ3) is 2.98. The average molecular weight is 406 g/mol. The smallest absolute Gasteiger partial charge is 0.263 e. The molecule has 4 heterocycles. The first kappa shape index (κ1) is 16.8. The van der Waals surface area contributed by atoms with Crippen LogP contribution in [0, 0.1) is 0 Å². The number of pyridine rings is 1. The number of rotatable bonds is 3. The normalized spacial score (nSPS) is 15.5. The number of nitrogens with zero attached hydrogens (tertiary/aromatic N) is 5. The largest absolute Gasteiger partial charge is 0.456 e.